The highest BCUT2D eigenvalue weighted by Crippen LogP contribution is 2.23. The second-order valence-corrected chi connectivity index (χ2v) is 11.3. The lowest BCUT2D eigenvalue weighted by Gasteiger charge is -2.20. The molecule has 1 heterocycles. The van der Waals surface area contributed by atoms with Crippen LogP contribution in [0.4, 0.5) is 5.69 Å². The van der Waals surface area contributed by atoms with E-state index in [2.05, 4.69) is 5.10 Å². The highest BCUT2D eigenvalue weighted by Gasteiger charge is 2.38. The maximum Gasteiger partial charge on any atom is 0.274 e. The van der Waals surface area contributed by atoms with Gasteiger partial charge in [0.1, 0.15) is 5.25 Å². The predicted octanol–water partition coefficient (Wildman–Crippen LogP) is 3.36. The molecule has 0 bridgehead atoms. The Balaban J connectivity index is 2.32. The van der Waals surface area contributed by atoms with E-state index in [9.17, 15) is 21.4 Å². The third-order valence-corrected chi connectivity index (χ3v) is 7.47. The first-order valence-corrected chi connectivity index (χ1v) is 13.9. The van der Waals surface area contributed by atoms with Crippen molar-refractivity contribution >= 4 is 43.7 Å². The lowest BCUT2D eigenvalue weighted by Crippen LogP contribution is -2.48. The molecule has 0 saturated heterocycles. The van der Waals surface area contributed by atoms with Crippen LogP contribution < -0.4 is 9.58 Å². The van der Waals surface area contributed by atoms with E-state index in [1.54, 1.807) is 66.4 Å². The van der Waals surface area contributed by atoms with E-state index in [1.807, 2.05) is 12.1 Å². The molecule has 0 aliphatic heterocycles. The Labute approximate surface area is 200 Å². The zero-order valence-electron chi connectivity index (χ0n) is 18.4. The Hall–Kier alpha value is -2.05. The van der Waals surface area contributed by atoms with Gasteiger partial charge < -0.3 is 0 Å². The molecule has 0 fully saturated rings. The molecule has 2 aromatic rings. The molecule has 0 radical (unpaired) electrons. The predicted molar refractivity (Wildman–Crippen MR) is 129 cm³/mol. The van der Waals surface area contributed by atoms with Crippen molar-refractivity contribution < 1.29 is 30.5 Å². The number of pyridine rings is 1. The summed E-state index contributed by atoms with van der Waals surface area (Å²) in [5, 5.41) is 5.52. The minimum Gasteiger partial charge on any atom is -0.286 e. The molecule has 2 atom stereocenters. The van der Waals surface area contributed by atoms with E-state index < -0.39 is 37.3 Å². The monoisotopic (exact) mass is 518 g/mol. The number of nitrogens with zero attached hydrogens (tertiary/aromatic N) is 3. The van der Waals surface area contributed by atoms with Gasteiger partial charge in [0.25, 0.3) is 20.2 Å². The third kappa shape index (κ3) is 9.01. The Morgan fingerprint density at radius 1 is 1.12 bits per heavy atom. The zero-order chi connectivity index (χ0) is 24.6. The minimum absolute atomic E-state index is 0.0316. The molecule has 0 saturated carbocycles. The fourth-order valence-electron chi connectivity index (χ4n) is 3.50. The van der Waals surface area contributed by atoms with E-state index >= 15 is 0 Å². The van der Waals surface area contributed by atoms with Crippen LogP contribution in [-0.4, -0.2) is 50.2 Å². The van der Waals surface area contributed by atoms with Crippen molar-refractivity contribution in [3.05, 3.63) is 59.4 Å². The van der Waals surface area contributed by atoms with Gasteiger partial charge in [0, 0.05) is 24.6 Å². The van der Waals surface area contributed by atoms with Crippen molar-refractivity contribution in [2.75, 3.05) is 17.8 Å². The molecule has 0 aliphatic rings. The maximum absolute atomic E-state index is 12.1. The van der Waals surface area contributed by atoms with Crippen LogP contribution in [0.15, 0.2) is 53.9 Å². The summed E-state index contributed by atoms with van der Waals surface area (Å²) in [6.45, 7) is 1.80. The van der Waals surface area contributed by atoms with E-state index in [4.69, 9.17) is 16.2 Å². The average Bonchev–Trinajstić information content (AvgIpc) is 2.73. The maximum atomic E-state index is 12.1. The fraction of sp³-hybridized carbons (Fsp3) is 0.429. The summed E-state index contributed by atoms with van der Waals surface area (Å²) in [5.74, 6) is -0.499. The van der Waals surface area contributed by atoms with Gasteiger partial charge in [-0.2, -0.15) is 21.9 Å². The molecule has 33 heavy (non-hydrogen) atoms. The Kier molecular flexibility index (Phi) is 9.80. The van der Waals surface area contributed by atoms with Crippen molar-refractivity contribution in [1.82, 2.24) is 0 Å². The topological polar surface area (TPSA) is 128 Å². The van der Waals surface area contributed by atoms with Crippen LogP contribution in [0.3, 0.4) is 0 Å². The fourth-order valence-corrected chi connectivity index (χ4v) is 5.36. The summed E-state index contributed by atoms with van der Waals surface area (Å²) >= 11 is 5.91. The van der Waals surface area contributed by atoms with E-state index in [1.165, 1.54) is 0 Å². The molecular weight excluding hydrogens is 490 g/mol. The number of rotatable bonds is 12. The van der Waals surface area contributed by atoms with Gasteiger partial charge in [-0.3, -0.25) is 14.1 Å². The first-order valence-electron chi connectivity index (χ1n) is 10.4. The van der Waals surface area contributed by atoms with Gasteiger partial charge in [0.15, 0.2) is 18.4 Å². The molecule has 1 aromatic heterocycles. The first kappa shape index (κ1) is 27.2. The van der Waals surface area contributed by atoms with Gasteiger partial charge in [0.05, 0.1) is 23.2 Å². The molecule has 2 unspecified atom stereocenters. The quantitative estimate of drug-likeness (QED) is 0.191. The molecule has 182 valence electrons. The van der Waals surface area contributed by atoms with Crippen molar-refractivity contribution in [2.24, 2.45) is 5.10 Å². The van der Waals surface area contributed by atoms with Crippen LogP contribution >= 0.6 is 11.6 Å². The van der Waals surface area contributed by atoms with Crippen molar-refractivity contribution in [1.29, 1.82) is 0 Å². The standard InChI is InChI=1S/C21H28ClN3O6S2/c1-3-6-21(33(29,30)31)20(8-5-14-32(26,27)28)25-13-4-7-17(16-25)15-23-24(2)19-11-9-18(22)10-12-19/h4,7,9-13,15-16,20-21H,3,5-6,8,14H2,1-2H3,(H-,26,27,28,29,30,31)/p+1. The summed E-state index contributed by atoms with van der Waals surface area (Å²) in [5.41, 5.74) is 1.49. The highest BCUT2D eigenvalue weighted by molar-refractivity contribution is 7.86. The molecule has 2 N–H and O–H groups in total. The molecule has 0 spiro atoms. The number of benzene rings is 1. The van der Waals surface area contributed by atoms with Crippen molar-refractivity contribution in [3.63, 3.8) is 0 Å². The molecular formula is C21H29ClN3O6S2+. The Morgan fingerprint density at radius 2 is 1.79 bits per heavy atom. The first-order chi connectivity index (χ1) is 15.4. The zero-order valence-corrected chi connectivity index (χ0v) is 20.8. The van der Waals surface area contributed by atoms with Gasteiger partial charge in [-0.05, 0) is 43.2 Å². The largest absolute Gasteiger partial charge is 0.286 e. The normalized spacial score (nSPS) is 14.3. The number of halogens is 1. The lowest BCUT2D eigenvalue weighted by molar-refractivity contribution is -0.723. The van der Waals surface area contributed by atoms with Gasteiger partial charge in [-0.25, -0.2) is 4.57 Å². The van der Waals surface area contributed by atoms with Crippen LogP contribution in [0.5, 0.6) is 0 Å². The van der Waals surface area contributed by atoms with Crippen molar-refractivity contribution in [2.45, 2.75) is 43.9 Å². The number of hydrazone groups is 1. The summed E-state index contributed by atoms with van der Waals surface area (Å²) in [6.07, 6.45) is 5.80. The Morgan fingerprint density at radius 3 is 2.36 bits per heavy atom. The Bertz CT molecular complexity index is 1150. The summed E-state index contributed by atoms with van der Waals surface area (Å²) in [4.78, 5) is 0. The second-order valence-electron chi connectivity index (χ2n) is 7.67. The third-order valence-electron chi connectivity index (χ3n) is 5.10. The smallest absolute Gasteiger partial charge is 0.274 e. The number of hydrogen-bond acceptors (Lipinski definition) is 6. The highest BCUT2D eigenvalue weighted by atomic mass is 35.5. The van der Waals surface area contributed by atoms with Gasteiger partial charge in [-0.1, -0.05) is 24.9 Å². The number of hydrogen-bond donors (Lipinski definition) is 2. The second kappa shape index (κ2) is 11.9. The van der Waals surface area contributed by atoms with E-state index in [0.29, 0.717) is 17.0 Å². The SMILES string of the molecule is CCCC(C(CCCS(=O)(=O)O)[n+]1cccc(C=NN(C)c2ccc(Cl)cc2)c1)S(=O)(=O)O. The summed E-state index contributed by atoms with van der Waals surface area (Å²) in [7, 11) is -6.82. The van der Waals surface area contributed by atoms with Gasteiger partial charge in [0.2, 0.25) is 0 Å². The van der Waals surface area contributed by atoms with Gasteiger partial charge >= 0.3 is 0 Å². The van der Waals surface area contributed by atoms with Crippen LogP contribution in [0.25, 0.3) is 0 Å². The van der Waals surface area contributed by atoms with E-state index in [-0.39, 0.29) is 19.3 Å². The number of aromatic nitrogens is 1. The molecule has 12 heteroatoms. The van der Waals surface area contributed by atoms with Crippen LogP contribution in [-0.2, 0) is 20.2 Å². The number of anilines is 1. The van der Waals surface area contributed by atoms with E-state index in [0.717, 1.165) is 5.69 Å². The van der Waals surface area contributed by atoms with Crippen LogP contribution in [0.1, 0.15) is 44.2 Å². The lowest BCUT2D eigenvalue weighted by atomic mass is 10.0. The molecule has 2 rings (SSSR count). The van der Waals surface area contributed by atoms with Gasteiger partial charge in [-0.15, -0.1) is 0 Å². The van der Waals surface area contributed by atoms with Crippen LogP contribution in [0.2, 0.25) is 5.02 Å². The molecule has 0 aliphatic carbocycles. The summed E-state index contributed by atoms with van der Waals surface area (Å²) in [6, 6.07) is 9.90. The average molecular weight is 519 g/mol. The van der Waals surface area contributed by atoms with Crippen LogP contribution in [0, 0.1) is 0 Å². The van der Waals surface area contributed by atoms with Crippen molar-refractivity contribution in [3.8, 4) is 0 Å². The molecule has 0 amide bonds. The minimum atomic E-state index is -4.40. The summed E-state index contributed by atoms with van der Waals surface area (Å²) < 4.78 is 67.0. The molecule has 9 nitrogen and oxygen atoms in total. The molecule has 1 aromatic carbocycles.